The van der Waals surface area contributed by atoms with Crippen molar-refractivity contribution in [3.8, 4) is 11.5 Å². The van der Waals surface area contributed by atoms with E-state index in [2.05, 4.69) is 5.32 Å². The van der Waals surface area contributed by atoms with Crippen molar-refractivity contribution >= 4 is 11.6 Å². The molecule has 0 atom stereocenters. The van der Waals surface area contributed by atoms with E-state index in [0.717, 1.165) is 6.07 Å². The summed E-state index contributed by atoms with van der Waals surface area (Å²) in [5.74, 6) is -1.35. The maximum Gasteiger partial charge on any atom is 0.258 e. The van der Waals surface area contributed by atoms with Crippen molar-refractivity contribution in [1.29, 1.82) is 0 Å². The molecule has 6 heteroatoms. The predicted molar refractivity (Wildman–Crippen MR) is 76.6 cm³/mol. The van der Waals surface area contributed by atoms with Crippen molar-refractivity contribution in [3.63, 3.8) is 0 Å². The van der Waals surface area contributed by atoms with E-state index in [1.54, 1.807) is 18.2 Å². The number of halogens is 1. The largest absolute Gasteiger partial charge is 0.507 e. The number of nitrogen functional groups attached to an aromatic ring is 1. The minimum Gasteiger partial charge on any atom is -0.507 e. The molecule has 0 aliphatic rings. The lowest BCUT2D eigenvalue weighted by molar-refractivity contribution is 0.0943. The molecule has 0 aliphatic heterocycles. The van der Waals surface area contributed by atoms with Crippen molar-refractivity contribution < 1.29 is 19.0 Å². The Morgan fingerprint density at radius 2 is 2.14 bits per heavy atom. The van der Waals surface area contributed by atoms with E-state index >= 15 is 0 Å². The van der Waals surface area contributed by atoms with Gasteiger partial charge >= 0.3 is 0 Å². The SMILES string of the molecule is COc1ccc(N)cc1CNC(=O)c1c(O)cccc1F. The summed E-state index contributed by atoms with van der Waals surface area (Å²) < 4.78 is 18.7. The second-order valence-electron chi connectivity index (χ2n) is 4.39. The van der Waals surface area contributed by atoms with Gasteiger partial charge in [-0.2, -0.15) is 0 Å². The van der Waals surface area contributed by atoms with E-state index in [0.29, 0.717) is 17.0 Å². The smallest absolute Gasteiger partial charge is 0.258 e. The number of methoxy groups -OCH3 is 1. The first-order valence-electron chi connectivity index (χ1n) is 6.21. The highest BCUT2D eigenvalue weighted by molar-refractivity contribution is 5.97. The lowest BCUT2D eigenvalue weighted by Crippen LogP contribution is -2.24. The fourth-order valence-electron chi connectivity index (χ4n) is 1.94. The lowest BCUT2D eigenvalue weighted by atomic mass is 10.1. The molecular weight excluding hydrogens is 275 g/mol. The van der Waals surface area contributed by atoms with E-state index in [1.165, 1.54) is 19.2 Å². The molecule has 2 aromatic carbocycles. The van der Waals surface area contributed by atoms with Crippen LogP contribution in [0, 0.1) is 5.82 Å². The van der Waals surface area contributed by atoms with Gasteiger partial charge in [-0.05, 0) is 30.3 Å². The number of hydrogen-bond acceptors (Lipinski definition) is 4. The van der Waals surface area contributed by atoms with Crippen LogP contribution in [0.4, 0.5) is 10.1 Å². The highest BCUT2D eigenvalue weighted by Crippen LogP contribution is 2.22. The molecule has 1 amide bonds. The average Bonchev–Trinajstić information content (AvgIpc) is 2.45. The molecule has 2 rings (SSSR count). The van der Waals surface area contributed by atoms with Gasteiger partial charge in [-0.25, -0.2) is 4.39 Å². The highest BCUT2D eigenvalue weighted by Gasteiger charge is 2.16. The standard InChI is InChI=1S/C15H15FN2O3/c1-21-13-6-5-10(17)7-9(13)8-18-15(20)14-11(16)3-2-4-12(14)19/h2-7,19H,8,17H2,1H3,(H,18,20). The molecule has 0 radical (unpaired) electrons. The summed E-state index contributed by atoms with van der Waals surface area (Å²) >= 11 is 0. The molecule has 0 saturated heterocycles. The molecule has 0 heterocycles. The van der Waals surface area contributed by atoms with Crippen LogP contribution >= 0.6 is 0 Å². The maximum atomic E-state index is 13.6. The molecule has 21 heavy (non-hydrogen) atoms. The zero-order valence-electron chi connectivity index (χ0n) is 11.4. The van der Waals surface area contributed by atoms with Crippen LogP contribution in [-0.2, 0) is 6.54 Å². The number of hydrogen-bond donors (Lipinski definition) is 3. The summed E-state index contributed by atoms with van der Waals surface area (Å²) in [6.07, 6.45) is 0. The molecule has 0 bridgehead atoms. The number of rotatable bonds is 4. The van der Waals surface area contributed by atoms with Crippen LogP contribution in [0.2, 0.25) is 0 Å². The number of carbonyl (C=O) groups is 1. The monoisotopic (exact) mass is 290 g/mol. The number of ether oxygens (including phenoxy) is 1. The van der Waals surface area contributed by atoms with Crippen LogP contribution in [0.25, 0.3) is 0 Å². The van der Waals surface area contributed by atoms with E-state index < -0.39 is 17.5 Å². The number of benzene rings is 2. The van der Waals surface area contributed by atoms with Crippen molar-refractivity contribution in [2.45, 2.75) is 6.54 Å². The van der Waals surface area contributed by atoms with Crippen molar-refractivity contribution in [1.82, 2.24) is 5.32 Å². The average molecular weight is 290 g/mol. The highest BCUT2D eigenvalue weighted by atomic mass is 19.1. The summed E-state index contributed by atoms with van der Waals surface area (Å²) in [5, 5.41) is 12.1. The van der Waals surface area contributed by atoms with Gasteiger partial charge in [0, 0.05) is 17.8 Å². The number of amides is 1. The predicted octanol–water partition coefficient (Wildman–Crippen LogP) is 2.05. The molecule has 2 aromatic rings. The fourth-order valence-corrected chi connectivity index (χ4v) is 1.94. The van der Waals surface area contributed by atoms with Gasteiger partial charge in [0.25, 0.3) is 5.91 Å². The van der Waals surface area contributed by atoms with Gasteiger partial charge in [-0.15, -0.1) is 0 Å². The summed E-state index contributed by atoms with van der Waals surface area (Å²) in [6, 6.07) is 8.68. The van der Waals surface area contributed by atoms with Crippen molar-refractivity contribution in [3.05, 3.63) is 53.3 Å². The Balaban J connectivity index is 2.17. The van der Waals surface area contributed by atoms with Gasteiger partial charge in [0.15, 0.2) is 0 Å². The van der Waals surface area contributed by atoms with Crippen molar-refractivity contribution in [2.75, 3.05) is 12.8 Å². The first kappa shape index (κ1) is 14.6. The maximum absolute atomic E-state index is 13.6. The Labute approximate surface area is 121 Å². The van der Waals surface area contributed by atoms with Gasteiger partial charge in [-0.3, -0.25) is 4.79 Å². The van der Waals surface area contributed by atoms with Crippen LogP contribution < -0.4 is 15.8 Å². The summed E-state index contributed by atoms with van der Waals surface area (Å²) in [6.45, 7) is 0.0980. The Morgan fingerprint density at radius 1 is 1.38 bits per heavy atom. The van der Waals surface area contributed by atoms with Crippen LogP contribution in [0.3, 0.4) is 0 Å². The third-order valence-corrected chi connectivity index (χ3v) is 2.96. The van der Waals surface area contributed by atoms with Gasteiger partial charge < -0.3 is 20.9 Å². The van der Waals surface area contributed by atoms with Crippen LogP contribution in [0.15, 0.2) is 36.4 Å². The Morgan fingerprint density at radius 3 is 2.81 bits per heavy atom. The topological polar surface area (TPSA) is 84.6 Å². The van der Waals surface area contributed by atoms with Crippen LogP contribution in [0.5, 0.6) is 11.5 Å². The normalized spacial score (nSPS) is 10.2. The van der Waals surface area contributed by atoms with E-state index in [-0.39, 0.29) is 12.1 Å². The molecule has 0 spiro atoms. The molecule has 0 aliphatic carbocycles. The Hall–Kier alpha value is -2.76. The zero-order valence-corrected chi connectivity index (χ0v) is 11.4. The third-order valence-electron chi connectivity index (χ3n) is 2.96. The molecule has 4 N–H and O–H groups in total. The Bertz CT molecular complexity index is 654. The number of phenolic OH excluding ortho intramolecular Hbond substituents is 1. The van der Waals surface area contributed by atoms with E-state index in [1.807, 2.05) is 0 Å². The first-order chi connectivity index (χ1) is 10.0. The molecule has 0 unspecified atom stereocenters. The summed E-state index contributed by atoms with van der Waals surface area (Å²) in [4.78, 5) is 12.0. The van der Waals surface area contributed by atoms with Gasteiger partial charge in [0.05, 0.1) is 7.11 Å². The molecule has 110 valence electrons. The quantitative estimate of drug-likeness (QED) is 0.752. The number of aromatic hydroxyl groups is 1. The van der Waals surface area contributed by atoms with Crippen molar-refractivity contribution in [2.24, 2.45) is 0 Å². The van der Waals surface area contributed by atoms with Gasteiger partial charge in [0.2, 0.25) is 0 Å². The number of nitrogens with one attached hydrogen (secondary N) is 1. The molecule has 0 saturated carbocycles. The molecule has 0 aromatic heterocycles. The second-order valence-corrected chi connectivity index (χ2v) is 4.39. The minimum absolute atomic E-state index is 0.0980. The lowest BCUT2D eigenvalue weighted by Gasteiger charge is -2.11. The second kappa shape index (κ2) is 6.13. The van der Waals surface area contributed by atoms with E-state index in [4.69, 9.17) is 10.5 Å². The van der Waals surface area contributed by atoms with Crippen LogP contribution in [0.1, 0.15) is 15.9 Å². The fraction of sp³-hybridized carbons (Fsp3) is 0.133. The Kier molecular flexibility index (Phi) is 4.27. The number of carbonyl (C=O) groups excluding carboxylic acids is 1. The summed E-state index contributed by atoms with van der Waals surface area (Å²) in [5.41, 5.74) is 6.47. The van der Waals surface area contributed by atoms with E-state index in [9.17, 15) is 14.3 Å². The first-order valence-corrected chi connectivity index (χ1v) is 6.21. The zero-order chi connectivity index (χ0) is 15.4. The molecular formula is C15H15FN2O3. The number of nitrogens with two attached hydrogens (primary N) is 1. The molecule has 0 fully saturated rings. The van der Waals surface area contributed by atoms with Gasteiger partial charge in [0.1, 0.15) is 22.9 Å². The van der Waals surface area contributed by atoms with Gasteiger partial charge in [-0.1, -0.05) is 6.07 Å². The van der Waals surface area contributed by atoms with Crippen LogP contribution in [-0.4, -0.2) is 18.1 Å². The summed E-state index contributed by atoms with van der Waals surface area (Å²) in [7, 11) is 1.50. The minimum atomic E-state index is -0.785. The third kappa shape index (κ3) is 3.22. The molecule has 5 nitrogen and oxygen atoms in total. The number of phenols is 1. The number of anilines is 1.